The summed E-state index contributed by atoms with van der Waals surface area (Å²) in [5, 5.41) is 11.0. The van der Waals surface area contributed by atoms with E-state index in [1.165, 1.54) is 0 Å². The lowest BCUT2D eigenvalue weighted by Crippen LogP contribution is -2.46. The smallest absolute Gasteiger partial charge is 0.327 e. The Hall–Kier alpha value is -0.750. The van der Waals surface area contributed by atoms with Crippen molar-refractivity contribution in [1.82, 2.24) is 5.32 Å². The second-order valence-electron chi connectivity index (χ2n) is 3.81. The van der Waals surface area contributed by atoms with Crippen molar-refractivity contribution in [2.24, 2.45) is 5.73 Å². The zero-order valence-corrected chi connectivity index (χ0v) is 9.17. The predicted molar refractivity (Wildman–Crippen MR) is 56.3 cm³/mol. The Labute approximate surface area is 88.5 Å². The van der Waals surface area contributed by atoms with Crippen LogP contribution in [0.1, 0.15) is 20.3 Å². The zero-order chi connectivity index (χ0) is 11.4. The van der Waals surface area contributed by atoms with Gasteiger partial charge in [0.25, 0.3) is 0 Å². The van der Waals surface area contributed by atoms with Crippen molar-refractivity contribution in [1.29, 1.82) is 0 Å². The van der Waals surface area contributed by atoms with E-state index in [4.69, 9.17) is 10.8 Å². The first-order valence-electron chi connectivity index (χ1n) is 4.18. The summed E-state index contributed by atoms with van der Waals surface area (Å²) in [7, 11) is 0. The molecule has 1 amide bonds. The first-order chi connectivity index (χ1) is 6.26. The number of carbonyl (C=O) groups is 2. The third-order valence-corrected chi connectivity index (χ3v) is 1.80. The lowest BCUT2D eigenvalue weighted by molar-refractivity contribution is -0.141. The Morgan fingerprint density at radius 1 is 1.57 bits per heavy atom. The SMILES string of the molecule is CC(C)(N)CC(=O)NC(CS)C(=O)O. The lowest BCUT2D eigenvalue weighted by Gasteiger charge is -2.19. The van der Waals surface area contributed by atoms with Crippen molar-refractivity contribution < 1.29 is 14.7 Å². The highest BCUT2D eigenvalue weighted by Gasteiger charge is 2.21. The Morgan fingerprint density at radius 3 is 2.36 bits per heavy atom. The summed E-state index contributed by atoms with van der Waals surface area (Å²) in [6.45, 7) is 3.39. The van der Waals surface area contributed by atoms with Gasteiger partial charge in [-0.25, -0.2) is 4.79 Å². The molecule has 0 bridgehead atoms. The fourth-order valence-electron chi connectivity index (χ4n) is 0.845. The average Bonchev–Trinajstić information content (AvgIpc) is 1.96. The standard InChI is InChI=1S/C8H16N2O3S/c1-8(2,9)3-6(11)10-5(4-14)7(12)13/h5,14H,3-4,9H2,1-2H3,(H,10,11)(H,12,13). The van der Waals surface area contributed by atoms with Crippen LogP contribution in [0, 0.1) is 0 Å². The number of nitrogens with two attached hydrogens (primary N) is 1. The van der Waals surface area contributed by atoms with E-state index in [9.17, 15) is 9.59 Å². The van der Waals surface area contributed by atoms with Crippen LogP contribution in [-0.4, -0.2) is 34.3 Å². The van der Waals surface area contributed by atoms with Crippen molar-refractivity contribution in [2.75, 3.05) is 5.75 Å². The van der Waals surface area contributed by atoms with Gasteiger partial charge in [0.05, 0.1) is 0 Å². The van der Waals surface area contributed by atoms with E-state index in [1.54, 1.807) is 13.8 Å². The van der Waals surface area contributed by atoms with Gasteiger partial charge in [0, 0.05) is 17.7 Å². The monoisotopic (exact) mass is 220 g/mol. The van der Waals surface area contributed by atoms with Gasteiger partial charge in [0.1, 0.15) is 6.04 Å². The molecule has 0 spiro atoms. The molecule has 0 aliphatic carbocycles. The van der Waals surface area contributed by atoms with Gasteiger partial charge in [-0.05, 0) is 13.8 Å². The van der Waals surface area contributed by atoms with Crippen LogP contribution in [0.5, 0.6) is 0 Å². The molecule has 0 aliphatic heterocycles. The highest BCUT2D eigenvalue weighted by atomic mass is 32.1. The summed E-state index contributed by atoms with van der Waals surface area (Å²) >= 11 is 3.81. The summed E-state index contributed by atoms with van der Waals surface area (Å²) in [4.78, 5) is 21.8. The van der Waals surface area contributed by atoms with Crippen molar-refractivity contribution in [3.63, 3.8) is 0 Å². The Kier molecular flexibility index (Phi) is 4.93. The maximum absolute atomic E-state index is 11.2. The average molecular weight is 220 g/mol. The molecule has 0 rings (SSSR count). The van der Waals surface area contributed by atoms with Crippen LogP contribution < -0.4 is 11.1 Å². The number of thiol groups is 1. The Morgan fingerprint density at radius 2 is 2.07 bits per heavy atom. The van der Waals surface area contributed by atoms with Gasteiger partial charge in [-0.1, -0.05) is 0 Å². The van der Waals surface area contributed by atoms with Crippen molar-refractivity contribution in [3.05, 3.63) is 0 Å². The third kappa shape index (κ3) is 5.82. The summed E-state index contributed by atoms with van der Waals surface area (Å²) in [6, 6.07) is -0.951. The molecule has 14 heavy (non-hydrogen) atoms. The van der Waals surface area contributed by atoms with Gasteiger partial charge in [0.2, 0.25) is 5.91 Å². The minimum absolute atomic E-state index is 0.0616. The predicted octanol–water partition coefficient (Wildman–Crippen LogP) is -0.387. The molecule has 0 saturated carbocycles. The van der Waals surface area contributed by atoms with Crippen LogP contribution in [0.25, 0.3) is 0 Å². The Balaban J connectivity index is 4.11. The van der Waals surface area contributed by atoms with Crippen LogP contribution in [0.15, 0.2) is 0 Å². The van der Waals surface area contributed by atoms with Crippen LogP contribution in [0.2, 0.25) is 0 Å². The van der Waals surface area contributed by atoms with E-state index in [0.717, 1.165) is 0 Å². The van der Waals surface area contributed by atoms with E-state index in [2.05, 4.69) is 17.9 Å². The summed E-state index contributed by atoms with van der Waals surface area (Å²) in [5.74, 6) is -1.41. The molecule has 0 aromatic carbocycles. The number of aliphatic carboxylic acids is 1. The van der Waals surface area contributed by atoms with E-state index in [1.807, 2.05) is 0 Å². The molecule has 5 nitrogen and oxygen atoms in total. The molecule has 0 saturated heterocycles. The van der Waals surface area contributed by atoms with Crippen molar-refractivity contribution in [2.45, 2.75) is 31.8 Å². The number of amides is 1. The molecule has 1 unspecified atom stereocenters. The maximum atomic E-state index is 11.2. The number of nitrogens with one attached hydrogen (secondary N) is 1. The van der Waals surface area contributed by atoms with E-state index in [0.29, 0.717) is 0 Å². The quantitative estimate of drug-likeness (QED) is 0.475. The number of carboxylic acids is 1. The fourth-order valence-corrected chi connectivity index (χ4v) is 1.09. The minimum Gasteiger partial charge on any atom is -0.480 e. The molecule has 6 heteroatoms. The summed E-state index contributed by atoms with van der Waals surface area (Å²) in [5.41, 5.74) is 4.97. The molecule has 0 aromatic heterocycles. The number of rotatable bonds is 5. The zero-order valence-electron chi connectivity index (χ0n) is 8.28. The maximum Gasteiger partial charge on any atom is 0.327 e. The third-order valence-electron chi connectivity index (χ3n) is 1.43. The largest absolute Gasteiger partial charge is 0.480 e. The van der Waals surface area contributed by atoms with Crippen molar-refractivity contribution in [3.8, 4) is 0 Å². The van der Waals surface area contributed by atoms with Gasteiger partial charge in [-0.3, -0.25) is 4.79 Å². The second kappa shape index (κ2) is 5.21. The molecule has 0 aliphatic rings. The summed E-state index contributed by atoms with van der Waals surface area (Å²) < 4.78 is 0. The molecular formula is C8H16N2O3S. The number of hydrogen-bond donors (Lipinski definition) is 4. The van der Waals surface area contributed by atoms with Crippen LogP contribution >= 0.6 is 12.6 Å². The number of carbonyl (C=O) groups excluding carboxylic acids is 1. The first-order valence-corrected chi connectivity index (χ1v) is 4.81. The highest BCUT2D eigenvalue weighted by molar-refractivity contribution is 7.80. The van der Waals surface area contributed by atoms with E-state index in [-0.39, 0.29) is 18.1 Å². The molecular weight excluding hydrogens is 204 g/mol. The molecule has 0 aromatic rings. The first kappa shape index (κ1) is 13.2. The van der Waals surface area contributed by atoms with Crippen LogP contribution in [-0.2, 0) is 9.59 Å². The normalized spacial score (nSPS) is 13.4. The van der Waals surface area contributed by atoms with Gasteiger partial charge >= 0.3 is 5.97 Å². The summed E-state index contributed by atoms with van der Waals surface area (Å²) in [6.07, 6.45) is 0.0879. The Bertz CT molecular complexity index is 225. The van der Waals surface area contributed by atoms with Gasteiger partial charge in [-0.2, -0.15) is 12.6 Å². The molecule has 4 N–H and O–H groups in total. The fraction of sp³-hybridized carbons (Fsp3) is 0.750. The highest BCUT2D eigenvalue weighted by Crippen LogP contribution is 2.03. The molecule has 82 valence electrons. The van der Waals surface area contributed by atoms with Gasteiger partial charge in [0.15, 0.2) is 0 Å². The minimum atomic E-state index is -1.09. The molecule has 0 fully saturated rings. The molecule has 0 heterocycles. The lowest BCUT2D eigenvalue weighted by atomic mass is 10.0. The van der Waals surface area contributed by atoms with Crippen LogP contribution in [0.3, 0.4) is 0 Å². The van der Waals surface area contributed by atoms with E-state index < -0.39 is 17.6 Å². The van der Waals surface area contributed by atoms with Gasteiger partial charge in [-0.15, -0.1) is 0 Å². The molecule has 1 atom stereocenters. The topological polar surface area (TPSA) is 92.4 Å². The van der Waals surface area contributed by atoms with E-state index >= 15 is 0 Å². The number of carboxylic acid groups (broad SMARTS) is 1. The second-order valence-corrected chi connectivity index (χ2v) is 4.17. The molecule has 0 radical (unpaired) electrons. The van der Waals surface area contributed by atoms with Crippen LogP contribution in [0.4, 0.5) is 0 Å². The number of hydrogen-bond acceptors (Lipinski definition) is 4. The van der Waals surface area contributed by atoms with Crippen molar-refractivity contribution >= 4 is 24.5 Å². The van der Waals surface area contributed by atoms with Gasteiger partial charge < -0.3 is 16.2 Å².